The van der Waals surface area contributed by atoms with Gasteiger partial charge in [-0.1, -0.05) is 11.6 Å². The first kappa shape index (κ1) is 18.6. The summed E-state index contributed by atoms with van der Waals surface area (Å²) in [5.74, 6) is 0. The predicted molar refractivity (Wildman–Crippen MR) is 110 cm³/mol. The Bertz CT molecular complexity index is 985. The van der Waals surface area contributed by atoms with Crippen LogP contribution in [0.2, 0.25) is 5.02 Å². The Morgan fingerprint density at radius 2 is 1.64 bits per heavy atom. The Balaban J connectivity index is 1.37. The minimum absolute atomic E-state index is 0.0833. The number of hydrogen-bond donors (Lipinski definition) is 0. The molecule has 0 unspecified atom stereocenters. The van der Waals surface area contributed by atoms with Crippen LogP contribution in [0.5, 0.6) is 0 Å². The molecule has 1 saturated heterocycles. The molecule has 1 aliphatic heterocycles. The number of hydrogen-bond acceptors (Lipinski definition) is 6. The minimum atomic E-state index is -0.0833. The quantitative estimate of drug-likeness (QED) is 0.658. The Morgan fingerprint density at radius 1 is 0.893 bits per heavy atom. The van der Waals surface area contributed by atoms with Crippen molar-refractivity contribution in [3.05, 3.63) is 70.5 Å². The van der Waals surface area contributed by atoms with Crippen molar-refractivity contribution in [3.8, 4) is 11.3 Å². The molecule has 0 amide bonds. The average molecular weight is 397 g/mol. The molecule has 0 bridgehead atoms. The van der Waals surface area contributed by atoms with E-state index in [1.807, 2.05) is 18.2 Å². The highest BCUT2D eigenvalue weighted by atomic mass is 35.5. The molecule has 0 saturated carbocycles. The zero-order valence-electron chi connectivity index (χ0n) is 15.4. The standard InChI is InChI=1S/C20H21ClN6O/c21-17-15-23-8-5-19(17)26-12-9-25(10-13-26)11-14-27-20(28)2-1-18(24-27)16-3-6-22-7-4-16/h1-8,15H,9-14H2. The number of halogens is 1. The van der Waals surface area contributed by atoms with Crippen LogP contribution in [0, 0.1) is 0 Å². The van der Waals surface area contributed by atoms with Crippen LogP contribution in [0.15, 0.2) is 59.9 Å². The molecular formula is C20H21ClN6O. The molecular weight excluding hydrogens is 376 g/mol. The van der Waals surface area contributed by atoms with E-state index in [-0.39, 0.29) is 5.56 Å². The van der Waals surface area contributed by atoms with E-state index in [0.29, 0.717) is 11.6 Å². The average Bonchev–Trinajstić information content (AvgIpc) is 2.75. The lowest BCUT2D eigenvalue weighted by molar-refractivity contribution is 0.243. The van der Waals surface area contributed by atoms with Crippen molar-refractivity contribution in [2.75, 3.05) is 37.6 Å². The van der Waals surface area contributed by atoms with Crippen LogP contribution in [0.3, 0.4) is 0 Å². The molecule has 0 spiro atoms. The highest BCUT2D eigenvalue weighted by Crippen LogP contribution is 2.25. The monoisotopic (exact) mass is 396 g/mol. The minimum Gasteiger partial charge on any atom is -0.368 e. The molecule has 4 rings (SSSR count). The number of aromatic nitrogens is 4. The first-order valence-corrected chi connectivity index (χ1v) is 9.64. The lowest BCUT2D eigenvalue weighted by Crippen LogP contribution is -2.47. The molecule has 0 aliphatic carbocycles. The third kappa shape index (κ3) is 4.21. The summed E-state index contributed by atoms with van der Waals surface area (Å²) >= 11 is 6.25. The van der Waals surface area contributed by atoms with Crippen LogP contribution < -0.4 is 10.5 Å². The summed E-state index contributed by atoms with van der Waals surface area (Å²) < 4.78 is 1.54. The van der Waals surface area contributed by atoms with Gasteiger partial charge in [0, 0.05) is 69.1 Å². The van der Waals surface area contributed by atoms with Gasteiger partial charge in [0.25, 0.3) is 5.56 Å². The van der Waals surface area contributed by atoms with Gasteiger partial charge in [-0.25, -0.2) is 4.68 Å². The van der Waals surface area contributed by atoms with Gasteiger partial charge in [-0.15, -0.1) is 0 Å². The van der Waals surface area contributed by atoms with E-state index in [9.17, 15) is 4.79 Å². The molecule has 7 nitrogen and oxygen atoms in total. The second-order valence-corrected chi connectivity index (χ2v) is 7.08. The maximum Gasteiger partial charge on any atom is 0.266 e. The summed E-state index contributed by atoms with van der Waals surface area (Å²) in [4.78, 5) is 24.9. The second-order valence-electron chi connectivity index (χ2n) is 6.67. The highest BCUT2D eigenvalue weighted by Gasteiger charge is 2.19. The first-order chi connectivity index (χ1) is 13.7. The topological polar surface area (TPSA) is 67.2 Å². The van der Waals surface area contributed by atoms with Gasteiger partial charge in [-0.05, 0) is 24.3 Å². The summed E-state index contributed by atoms with van der Waals surface area (Å²) in [6, 6.07) is 9.06. The lowest BCUT2D eigenvalue weighted by atomic mass is 10.2. The van der Waals surface area contributed by atoms with E-state index in [4.69, 9.17) is 11.6 Å². The first-order valence-electron chi connectivity index (χ1n) is 9.26. The smallest absolute Gasteiger partial charge is 0.266 e. The van der Waals surface area contributed by atoms with Crippen LogP contribution in [0.25, 0.3) is 11.3 Å². The molecule has 144 valence electrons. The van der Waals surface area contributed by atoms with Gasteiger partial charge in [-0.3, -0.25) is 19.7 Å². The van der Waals surface area contributed by atoms with E-state index in [2.05, 4.69) is 24.9 Å². The fourth-order valence-electron chi connectivity index (χ4n) is 3.36. The van der Waals surface area contributed by atoms with E-state index in [1.165, 1.54) is 0 Å². The van der Waals surface area contributed by atoms with E-state index < -0.39 is 0 Å². The van der Waals surface area contributed by atoms with Crippen molar-refractivity contribution in [2.45, 2.75) is 6.54 Å². The van der Waals surface area contributed by atoms with E-state index in [0.717, 1.165) is 49.7 Å². The molecule has 0 aromatic carbocycles. The maximum absolute atomic E-state index is 12.2. The van der Waals surface area contributed by atoms with Crippen LogP contribution in [0.4, 0.5) is 5.69 Å². The van der Waals surface area contributed by atoms with Crippen LogP contribution in [0.1, 0.15) is 0 Å². The van der Waals surface area contributed by atoms with Crippen molar-refractivity contribution < 1.29 is 0 Å². The highest BCUT2D eigenvalue weighted by molar-refractivity contribution is 6.33. The SMILES string of the molecule is O=c1ccc(-c2ccncc2)nn1CCN1CCN(c2ccncc2Cl)CC1. The zero-order chi connectivity index (χ0) is 19.3. The summed E-state index contributed by atoms with van der Waals surface area (Å²) in [7, 11) is 0. The molecule has 1 fully saturated rings. The molecule has 4 heterocycles. The number of anilines is 1. The Morgan fingerprint density at radius 3 is 2.39 bits per heavy atom. The van der Waals surface area contributed by atoms with Gasteiger partial charge in [0.2, 0.25) is 0 Å². The van der Waals surface area contributed by atoms with Gasteiger partial charge in [0.1, 0.15) is 0 Å². The van der Waals surface area contributed by atoms with Crippen molar-refractivity contribution in [2.24, 2.45) is 0 Å². The Hall–Kier alpha value is -2.77. The zero-order valence-corrected chi connectivity index (χ0v) is 16.2. The molecule has 3 aromatic rings. The number of nitrogens with zero attached hydrogens (tertiary/aromatic N) is 6. The Labute approximate surface area is 168 Å². The maximum atomic E-state index is 12.2. The van der Waals surface area contributed by atoms with Crippen LogP contribution in [-0.4, -0.2) is 57.4 Å². The summed E-state index contributed by atoms with van der Waals surface area (Å²) in [5.41, 5.74) is 2.67. The van der Waals surface area contributed by atoms with Crippen molar-refractivity contribution in [3.63, 3.8) is 0 Å². The molecule has 0 radical (unpaired) electrons. The third-order valence-corrected chi connectivity index (χ3v) is 5.23. The molecule has 1 aliphatic rings. The molecule has 3 aromatic heterocycles. The largest absolute Gasteiger partial charge is 0.368 e. The number of pyridine rings is 2. The van der Waals surface area contributed by atoms with Gasteiger partial charge >= 0.3 is 0 Å². The van der Waals surface area contributed by atoms with Crippen LogP contribution in [-0.2, 0) is 6.54 Å². The summed E-state index contributed by atoms with van der Waals surface area (Å²) in [5, 5.41) is 5.20. The third-order valence-electron chi connectivity index (χ3n) is 4.93. The molecule has 28 heavy (non-hydrogen) atoms. The van der Waals surface area contributed by atoms with Crippen molar-refractivity contribution >= 4 is 17.3 Å². The summed E-state index contributed by atoms with van der Waals surface area (Å²) in [6.45, 7) is 4.96. The second kappa shape index (κ2) is 8.50. The molecule has 0 N–H and O–H groups in total. The fraction of sp³-hybridized carbons (Fsp3) is 0.300. The molecule has 0 atom stereocenters. The van der Waals surface area contributed by atoms with Gasteiger partial charge in [-0.2, -0.15) is 5.10 Å². The molecule has 8 heteroatoms. The normalized spacial score (nSPS) is 15.0. The summed E-state index contributed by atoms with van der Waals surface area (Å²) in [6.07, 6.45) is 6.89. The van der Waals surface area contributed by atoms with Gasteiger partial charge in [0.05, 0.1) is 22.9 Å². The van der Waals surface area contributed by atoms with Gasteiger partial charge < -0.3 is 4.90 Å². The van der Waals surface area contributed by atoms with Gasteiger partial charge in [0.15, 0.2) is 0 Å². The number of rotatable bonds is 5. The van der Waals surface area contributed by atoms with Crippen molar-refractivity contribution in [1.82, 2.24) is 24.6 Å². The Kier molecular flexibility index (Phi) is 5.64. The fourth-order valence-corrected chi connectivity index (χ4v) is 3.60. The number of piperazine rings is 1. The predicted octanol–water partition coefficient (Wildman–Crippen LogP) is 2.18. The van der Waals surface area contributed by atoms with E-state index >= 15 is 0 Å². The lowest BCUT2D eigenvalue weighted by Gasteiger charge is -2.36. The van der Waals surface area contributed by atoms with E-state index in [1.54, 1.807) is 41.6 Å². The van der Waals surface area contributed by atoms with Crippen molar-refractivity contribution in [1.29, 1.82) is 0 Å². The van der Waals surface area contributed by atoms with Crippen LogP contribution >= 0.6 is 11.6 Å².